The third-order valence-corrected chi connectivity index (χ3v) is 3.28. The number of hydrogen-bond acceptors (Lipinski definition) is 2. The van der Waals surface area contributed by atoms with Crippen molar-refractivity contribution in [1.29, 1.82) is 0 Å². The zero-order chi connectivity index (χ0) is 16.0. The maximum atomic E-state index is 11.9. The number of carbonyl (C=O) groups is 1. The van der Waals surface area contributed by atoms with Crippen LogP contribution in [0.25, 0.3) is 0 Å². The molecule has 1 amide bonds. The molecule has 21 heavy (non-hydrogen) atoms. The molecular formula is C18H30N2O. The van der Waals surface area contributed by atoms with Gasteiger partial charge >= 0.3 is 0 Å². The zero-order valence-corrected chi connectivity index (χ0v) is 14.3. The van der Waals surface area contributed by atoms with Crippen molar-refractivity contribution < 1.29 is 4.79 Å². The minimum absolute atomic E-state index is 0.0312. The maximum absolute atomic E-state index is 11.9. The number of carbonyl (C=O) groups excluding carboxylic acids is 1. The predicted octanol–water partition coefficient (Wildman–Crippen LogP) is 3.45. The van der Waals surface area contributed by atoms with E-state index in [0.29, 0.717) is 12.5 Å². The highest BCUT2D eigenvalue weighted by atomic mass is 16.1. The van der Waals surface area contributed by atoms with Crippen LogP contribution in [0.15, 0.2) is 24.3 Å². The largest absolute Gasteiger partial charge is 0.348 e. The van der Waals surface area contributed by atoms with Gasteiger partial charge in [-0.3, -0.25) is 4.79 Å². The summed E-state index contributed by atoms with van der Waals surface area (Å²) in [4.78, 5) is 11.9. The van der Waals surface area contributed by atoms with Crippen molar-refractivity contribution in [2.45, 2.75) is 59.5 Å². The lowest BCUT2D eigenvalue weighted by Crippen LogP contribution is -2.43. The van der Waals surface area contributed by atoms with Gasteiger partial charge in [0.1, 0.15) is 0 Å². The van der Waals surface area contributed by atoms with E-state index >= 15 is 0 Å². The van der Waals surface area contributed by atoms with E-state index in [0.717, 1.165) is 12.0 Å². The van der Waals surface area contributed by atoms with E-state index < -0.39 is 0 Å². The Morgan fingerprint density at radius 1 is 1.10 bits per heavy atom. The van der Waals surface area contributed by atoms with E-state index in [1.807, 2.05) is 6.92 Å². The summed E-state index contributed by atoms with van der Waals surface area (Å²) in [5, 5.41) is 6.22. The lowest BCUT2D eigenvalue weighted by molar-refractivity contribution is -0.121. The van der Waals surface area contributed by atoms with E-state index in [9.17, 15) is 4.79 Å². The van der Waals surface area contributed by atoms with Gasteiger partial charge in [0.05, 0.1) is 12.6 Å². The standard InChI is InChI=1S/C18H30N2O/c1-13(2)11-15-7-9-16(10-8-15)14(3)20-17(21)12-19-18(4,5)6/h7-10,13-14,19H,11-12H2,1-6H3,(H,20,21). The number of rotatable bonds is 6. The summed E-state index contributed by atoms with van der Waals surface area (Å²) in [6.07, 6.45) is 1.09. The highest BCUT2D eigenvalue weighted by Gasteiger charge is 2.13. The number of hydrogen-bond donors (Lipinski definition) is 2. The Morgan fingerprint density at radius 2 is 1.67 bits per heavy atom. The monoisotopic (exact) mass is 290 g/mol. The summed E-state index contributed by atoms with van der Waals surface area (Å²) in [5.41, 5.74) is 2.45. The van der Waals surface area contributed by atoms with Crippen LogP contribution in [0.3, 0.4) is 0 Å². The second kappa shape index (κ2) is 7.60. The van der Waals surface area contributed by atoms with Crippen molar-refractivity contribution >= 4 is 5.91 Å². The van der Waals surface area contributed by atoms with E-state index in [1.54, 1.807) is 0 Å². The lowest BCUT2D eigenvalue weighted by atomic mass is 10.00. The molecule has 2 N–H and O–H groups in total. The first-order valence-corrected chi connectivity index (χ1v) is 7.80. The molecule has 1 rings (SSSR count). The Bertz CT molecular complexity index is 443. The van der Waals surface area contributed by atoms with Crippen molar-refractivity contribution in [3.8, 4) is 0 Å². The van der Waals surface area contributed by atoms with Crippen molar-refractivity contribution in [3.63, 3.8) is 0 Å². The molecule has 0 aromatic heterocycles. The molecule has 3 heteroatoms. The molecule has 0 radical (unpaired) electrons. The number of amides is 1. The lowest BCUT2D eigenvalue weighted by Gasteiger charge is -2.21. The summed E-state index contributed by atoms with van der Waals surface area (Å²) in [6, 6.07) is 8.57. The number of benzene rings is 1. The molecule has 0 spiro atoms. The van der Waals surface area contributed by atoms with Crippen LogP contribution in [-0.2, 0) is 11.2 Å². The summed E-state index contributed by atoms with van der Waals surface area (Å²) >= 11 is 0. The molecule has 0 aliphatic carbocycles. The first-order valence-electron chi connectivity index (χ1n) is 7.80. The van der Waals surface area contributed by atoms with E-state index in [1.165, 1.54) is 5.56 Å². The van der Waals surface area contributed by atoms with Gasteiger partial charge in [0.2, 0.25) is 5.91 Å². The van der Waals surface area contributed by atoms with Gasteiger partial charge in [-0.2, -0.15) is 0 Å². The highest BCUT2D eigenvalue weighted by molar-refractivity contribution is 5.78. The molecule has 1 aromatic rings. The SMILES string of the molecule is CC(C)Cc1ccc(C(C)NC(=O)CNC(C)(C)C)cc1. The van der Waals surface area contributed by atoms with E-state index in [-0.39, 0.29) is 17.5 Å². The van der Waals surface area contributed by atoms with Gasteiger partial charge in [-0.1, -0.05) is 38.1 Å². The second-order valence-electron chi connectivity index (χ2n) is 7.23. The smallest absolute Gasteiger partial charge is 0.234 e. The van der Waals surface area contributed by atoms with Crippen LogP contribution in [0.4, 0.5) is 0 Å². The molecule has 118 valence electrons. The summed E-state index contributed by atoms with van der Waals surface area (Å²) in [5.74, 6) is 0.695. The molecule has 0 aliphatic rings. The Morgan fingerprint density at radius 3 is 2.14 bits per heavy atom. The molecule has 1 aromatic carbocycles. The third-order valence-electron chi connectivity index (χ3n) is 3.28. The fourth-order valence-electron chi connectivity index (χ4n) is 2.14. The van der Waals surface area contributed by atoms with Crippen LogP contribution in [0.5, 0.6) is 0 Å². The summed E-state index contributed by atoms with van der Waals surface area (Å²) < 4.78 is 0. The van der Waals surface area contributed by atoms with Gasteiger partial charge in [-0.05, 0) is 51.2 Å². The zero-order valence-electron chi connectivity index (χ0n) is 14.3. The molecule has 1 unspecified atom stereocenters. The molecule has 1 atom stereocenters. The molecule has 0 saturated carbocycles. The van der Waals surface area contributed by atoms with E-state index in [4.69, 9.17) is 0 Å². The summed E-state index contributed by atoms with van der Waals surface area (Å²) in [6.45, 7) is 13.0. The molecular weight excluding hydrogens is 260 g/mol. The van der Waals surface area contributed by atoms with Gasteiger partial charge in [-0.25, -0.2) is 0 Å². The Labute approximate surface area is 129 Å². The van der Waals surface area contributed by atoms with Gasteiger partial charge in [-0.15, -0.1) is 0 Å². The number of nitrogens with one attached hydrogen (secondary N) is 2. The minimum atomic E-state index is -0.0426. The molecule has 0 aliphatic heterocycles. The fourth-order valence-corrected chi connectivity index (χ4v) is 2.14. The van der Waals surface area contributed by atoms with Crippen LogP contribution < -0.4 is 10.6 Å². The Kier molecular flexibility index (Phi) is 6.41. The first kappa shape index (κ1) is 17.7. The highest BCUT2D eigenvalue weighted by Crippen LogP contribution is 2.15. The second-order valence-corrected chi connectivity index (χ2v) is 7.23. The van der Waals surface area contributed by atoms with Crippen LogP contribution in [0.1, 0.15) is 58.7 Å². The Balaban J connectivity index is 2.51. The first-order chi connectivity index (χ1) is 9.67. The van der Waals surface area contributed by atoms with Crippen molar-refractivity contribution in [3.05, 3.63) is 35.4 Å². The van der Waals surface area contributed by atoms with Crippen LogP contribution >= 0.6 is 0 Å². The van der Waals surface area contributed by atoms with Gasteiger partial charge < -0.3 is 10.6 Å². The minimum Gasteiger partial charge on any atom is -0.348 e. The van der Waals surface area contributed by atoms with Crippen LogP contribution in [0.2, 0.25) is 0 Å². The molecule has 3 nitrogen and oxygen atoms in total. The van der Waals surface area contributed by atoms with Crippen molar-refractivity contribution in [1.82, 2.24) is 10.6 Å². The van der Waals surface area contributed by atoms with Crippen molar-refractivity contribution in [2.24, 2.45) is 5.92 Å². The Hall–Kier alpha value is -1.35. The predicted molar refractivity (Wildman–Crippen MR) is 89.3 cm³/mol. The molecule has 0 heterocycles. The fraction of sp³-hybridized carbons (Fsp3) is 0.611. The third kappa shape index (κ3) is 7.28. The maximum Gasteiger partial charge on any atom is 0.234 e. The van der Waals surface area contributed by atoms with Gasteiger partial charge in [0, 0.05) is 5.54 Å². The molecule has 0 bridgehead atoms. The molecule has 0 fully saturated rings. The van der Waals surface area contributed by atoms with Crippen LogP contribution in [0, 0.1) is 5.92 Å². The average molecular weight is 290 g/mol. The van der Waals surface area contributed by atoms with Gasteiger partial charge in [0.15, 0.2) is 0 Å². The topological polar surface area (TPSA) is 41.1 Å². The summed E-state index contributed by atoms with van der Waals surface area (Å²) in [7, 11) is 0. The average Bonchev–Trinajstić information content (AvgIpc) is 2.35. The quantitative estimate of drug-likeness (QED) is 0.842. The van der Waals surface area contributed by atoms with E-state index in [2.05, 4.69) is 69.5 Å². The van der Waals surface area contributed by atoms with Crippen molar-refractivity contribution in [2.75, 3.05) is 6.54 Å². The normalized spacial score (nSPS) is 13.3. The molecule has 0 saturated heterocycles. The van der Waals surface area contributed by atoms with Crippen LogP contribution in [-0.4, -0.2) is 18.0 Å². The van der Waals surface area contributed by atoms with Gasteiger partial charge in [0.25, 0.3) is 0 Å².